The standard InChI is InChI=1S/C15H26O4/c1-9(2)15(19)8-7-13(3)10(16)5-6-14(4,18)11(13)12(15)17/h9-11,16,18-19H,5-8H2,1-4H3/t10-,11-,13+,14+,15-/m1/s1. The second-order valence-corrected chi connectivity index (χ2v) is 7.29. The van der Waals surface area contributed by atoms with Crippen LogP contribution in [0.3, 0.4) is 0 Å². The summed E-state index contributed by atoms with van der Waals surface area (Å²) in [6, 6.07) is 0. The quantitative estimate of drug-likeness (QED) is 0.670. The minimum Gasteiger partial charge on any atom is -0.393 e. The van der Waals surface area contributed by atoms with E-state index in [1.165, 1.54) is 0 Å². The molecule has 0 aromatic heterocycles. The first-order chi connectivity index (χ1) is 8.56. The van der Waals surface area contributed by atoms with E-state index in [0.717, 1.165) is 0 Å². The van der Waals surface area contributed by atoms with Gasteiger partial charge in [-0.15, -0.1) is 0 Å². The van der Waals surface area contributed by atoms with Crippen LogP contribution in [0.1, 0.15) is 53.4 Å². The topological polar surface area (TPSA) is 77.8 Å². The molecule has 0 aromatic carbocycles. The number of hydrogen-bond donors (Lipinski definition) is 3. The Morgan fingerprint density at radius 3 is 2.26 bits per heavy atom. The summed E-state index contributed by atoms with van der Waals surface area (Å²) >= 11 is 0. The summed E-state index contributed by atoms with van der Waals surface area (Å²) in [6.07, 6.45) is 1.25. The molecule has 0 saturated heterocycles. The Kier molecular flexibility index (Phi) is 3.36. The van der Waals surface area contributed by atoms with Crippen LogP contribution in [0.25, 0.3) is 0 Å². The van der Waals surface area contributed by atoms with Crippen molar-refractivity contribution in [1.82, 2.24) is 0 Å². The van der Waals surface area contributed by atoms with E-state index in [9.17, 15) is 20.1 Å². The molecule has 0 spiro atoms. The van der Waals surface area contributed by atoms with Gasteiger partial charge < -0.3 is 15.3 Å². The van der Waals surface area contributed by atoms with Crippen molar-refractivity contribution in [3.63, 3.8) is 0 Å². The van der Waals surface area contributed by atoms with Crippen LogP contribution in [0.2, 0.25) is 0 Å². The third kappa shape index (κ3) is 1.96. The summed E-state index contributed by atoms with van der Waals surface area (Å²) in [5.41, 5.74) is -3.14. The highest BCUT2D eigenvalue weighted by Gasteiger charge is 2.63. The molecule has 19 heavy (non-hydrogen) atoms. The first kappa shape index (κ1) is 14.9. The fourth-order valence-corrected chi connectivity index (χ4v) is 4.10. The van der Waals surface area contributed by atoms with Crippen LogP contribution in [-0.2, 0) is 4.79 Å². The minimum atomic E-state index is -1.37. The van der Waals surface area contributed by atoms with E-state index >= 15 is 0 Å². The zero-order valence-corrected chi connectivity index (χ0v) is 12.3. The van der Waals surface area contributed by atoms with Gasteiger partial charge in [-0.25, -0.2) is 0 Å². The highest BCUT2D eigenvalue weighted by Crippen LogP contribution is 2.55. The Hall–Kier alpha value is -0.450. The summed E-state index contributed by atoms with van der Waals surface area (Å²) in [7, 11) is 0. The first-order valence-electron chi connectivity index (χ1n) is 7.23. The molecule has 2 aliphatic carbocycles. The van der Waals surface area contributed by atoms with Gasteiger partial charge in [-0.2, -0.15) is 0 Å². The third-order valence-corrected chi connectivity index (χ3v) is 5.66. The average molecular weight is 270 g/mol. The van der Waals surface area contributed by atoms with Gasteiger partial charge in [0.15, 0.2) is 5.78 Å². The van der Waals surface area contributed by atoms with E-state index in [1.807, 2.05) is 20.8 Å². The predicted octanol–water partition coefficient (Wildman–Crippen LogP) is 1.26. The number of carbonyl (C=O) groups is 1. The SMILES string of the molecule is CC(C)[C@]1(O)CC[C@@]2(C)[C@H](O)CC[C@](C)(O)[C@@H]2C1=O. The molecular weight excluding hydrogens is 244 g/mol. The number of fused-ring (bicyclic) bond motifs is 1. The van der Waals surface area contributed by atoms with Crippen molar-refractivity contribution in [3.05, 3.63) is 0 Å². The van der Waals surface area contributed by atoms with Gasteiger partial charge >= 0.3 is 0 Å². The lowest BCUT2D eigenvalue weighted by Crippen LogP contribution is -2.66. The molecule has 0 unspecified atom stereocenters. The summed E-state index contributed by atoms with van der Waals surface area (Å²) in [5, 5.41) is 31.5. The van der Waals surface area contributed by atoms with Crippen LogP contribution in [0.4, 0.5) is 0 Å². The van der Waals surface area contributed by atoms with Gasteiger partial charge in [0.05, 0.1) is 17.6 Å². The Balaban J connectivity index is 2.46. The highest BCUT2D eigenvalue weighted by atomic mass is 16.3. The molecule has 0 aliphatic heterocycles. The van der Waals surface area contributed by atoms with Gasteiger partial charge in [0.2, 0.25) is 0 Å². The number of rotatable bonds is 1. The molecule has 4 nitrogen and oxygen atoms in total. The summed E-state index contributed by atoms with van der Waals surface area (Å²) in [6.45, 7) is 7.18. The maximum absolute atomic E-state index is 12.8. The Bertz CT molecular complexity index is 390. The molecular formula is C15H26O4. The zero-order valence-electron chi connectivity index (χ0n) is 12.3. The van der Waals surface area contributed by atoms with E-state index in [-0.39, 0.29) is 11.7 Å². The van der Waals surface area contributed by atoms with Gasteiger partial charge in [-0.05, 0) is 38.5 Å². The van der Waals surface area contributed by atoms with Crippen molar-refractivity contribution >= 4 is 5.78 Å². The van der Waals surface area contributed by atoms with E-state index in [0.29, 0.717) is 25.7 Å². The maximum Gasteiger partial charge on any atom is 0.171 e. The predicted molar refractivity (Wildman–Crippen MR) is 71.5 cm³/mol. The molecule has 0 amide bonds. The van der Waals surface area contributed by atoms with Gasteiger partial charge in [0.1, 0.15) is 5.60 Å². The number of carbonyl (C=O) groups excluding carboxylic acids is 1. The van der Waals surface area contributed by atoms with Crippen molar-refractivity contribution in [2.45, 2.75) is 70.7 Å². The second-order valence-electron chi connectivity index (χ2n) is 7.29. The van der Waals surface area contributed by atoms with Gasteiger partial charge in [0, 0.05) is 5.41 Å². The van der Waals surface area contributed by atoms with Gasteiger partial charge in [0.25, 0.3) is 0 Å². The second kappa shape index (κ2) is 4.27. The zero-order chi connectivity index (χ0) is 14.6. The molecule has 110 valence electrons. The maximum atomic E-state index is 12.8. The molecule has 4 heteroatoms. The molecule has 0 bridgehead atoms. The van der Waals surface area contributed by atoms with Crippen LogP contribution >= 0.6 is 0 Å². The molecule has 5 atom stereocenters. The molecule has 2 rings (SSSR count). The Morgan fingerprint density at radius 2 is 1.74 bits per heavy atom. The monoisotopic (exact) mass is 270 g/mol. The van der Waals surface area contributed by atoms with Crippen LogP contribution < -0.4 is 0 Å². The Labute approximate surface area is 114 Å². The lowest BCUT2D eigenvalue weighted by molar-refractivity contribution is -0.204. The van der Waals surface area contributed by atoms with E-state index in [2.05, 4.69) is 0 Å². The van der Waals surface area contributed by atoms with Crippen molar-refractivity contribution in [2.24, 2.45) is 17.3 Å². The lowest BCUT2D eigenvalue weighted by atomic mass is 9.50. The van der Waals surface area contributed by atoms with Crippen LogP contribution in [0, 0.1) is 17.3 Å². The third-order valence-electron chi connectivity index (χ3n) is 5.66. The average Bonchev–Trinajstić information content (AvgIpc) is 2.29. The van der Waals surface area contributed by atoms with Gasteiger partial charge in [-0.3, -0.25) is 4.79 Å². The van der Waals surface area contributed by atoms with Gasteiger partial charge in [-0.1, -0.05) is 20.8 Å². The van der Waals surface area contributed by atoms with Crippen molar-refractivity contribution in [1.29, 1.82) is 0 Å². The Morgan fingerprint density at radius 1 is 1.16 bits per heavy atom. The smallest absolute Gasteiger partial charge is 0.171 e. The fraction of sp³-hybridized carbons (Fsp3) is 0.933. The highest BCUT2D eigenvalue weighted by molar-refractivity contribution is 5.92. The number of aliphatic hydroxyl groups excluding tert-OH is 1. The summed E-state index contributed by atoms with van der Waals surface area (Å²) in [4.78, 5) is 12.8. The van der Waals surface area contributed by atoms with E-state index in [1.54, 1.807) is 6.92 Å². The van der Waals surface area contributed by atoms with Crippen molar-refractivity contribution in [3.8, 4) is 0 Å². The van der Waals surface area contributed by atoms with Crippen molar-refractivity contribution < 1.29 is 20.1 Å². The summed E-state index contributed by atoms with van der Waals surface area (Å²) < 4.78 is 0. The molecule has 2 saturated carbocycles. The number of Topliss-reactive ketones (excluding diaryl/α,β-unsaturated/α-hetero) is 1. The first-order valence-corrected chi connectivity index (χ1v) is 7.23. The molecule has 2 aliphatic rings. The molecule has 0 aromatic rings. The summed E-state index contributed by atoms with van der Waals surface area (Å²) in [5.74, 6) is -1.16. The number of aliphatic hydroxyl groups is 3. The molecule has 2 fully saturated rings. The lowest BCUT2D eigenvalue weighted by Gasteiger charge is -2.57. The van der Waals surface area contributed by atoms with Crippen LogP contribution in [-0.4, -0.2) is 38.4 Å². The van der Waals surface area contributed by atoms with E-state index < -0.39 is 28.6 Å². The minimum absolute atomic E-state index is 0.181. The van der Waals surface area contributed by atoms with Crippen molar-refractivity contribution in [2.75, 3.05) is 0 Å². The number of ketones is 1. The van der Waals surface area contributed by atoms with Crippen LogP contribution in [0.15, 0.2) is 0 Å². The largest absolute Gasteiger partial charge is 0.393 e. The molecule has 0 radical (unpaired) electrons. The fourth-order valence-electron chi connectivity index (χ4n) is 4.10. The number of hydrogen-bond acceptors (Lipinski definition) is 4. The molecule has 0 heterocycles. The normalized spacial score (nSPS) is 51.3. The van der Waals surface area contributed by atoms with Crippen LogP contribution in [0.5, 0.6) is 0 Å². The van der Waals surface area contributed by atoms with E-state index in [4.69, 9.17) is 0 Å². The molecule has 3 N–H and O–H groups in total.